The number of halogens is 1. The van der Waals surface area contributed by atoms with Gasteiger partial charge in [-0.1, -0.05) is 132 Å². The van der Waals surface area contributed by atoms with E-state index in [-0.39, 0.29) is 23.9 Å². The Bertz CT molecular complexity index is 1280. The van der Waals surface area contributed by atoms with Crippen LogP contribution in [0.15, 0.2) is 48.5 Å². The van der Waals surface area contributed by atoms with Crippen LogP contribution in [0.4, 0.5) is 4.39 Å². The molecule has 4 fully saturated rings. The van der Waals surface area contributed by atoms with Crippen molar-refractivity contribution in [2.45, 2.75) is 215 Å². The molecule has 0 spiro atoms. The van der Waals surface area contributed by atoms with E-state index in [9.17, 15) is 4.39 Å². The third-order valence-electron chi connectivity index (χ3n) is 12.6. The van der Waals surface area contributed by atoms with Crippen molar-refractivity contribution in [3.63, 3.8) is 0 Å². The molecule has 312 valence electrons. The van der Waals surface area contributed by atoms with Crippen LogP contribution in [-0.4, -0.2) is 24.8 Å². The van der Waals surface area contributed by atoms with Gasteiger partial charge in [-0.3, -0.25) is 0 Å². The van der Waals surface area contributed by atoms with Crippen molar-refractivity contribution in [3.05, 3.63) is 59.7 Å². The van der Waals surface area contributed by atoms with Crippen molar-refractivity contribution in [2.24, 2.45) is 29.1 Å². The average molecular weight is 765 g/mol. The summed E-state index contributed by atoms with van der Waals surface area (Å²) in [6.07, 6.45) is 21.8. The second-order valence-corrected chi connectivity index (χ2v) is 18.5. The Hall–Kier alpha value is -2.11. The lowest BCUT2D eigenvalue weighted by Crippen LogP contribution is -2.51. The highest BCUT2D eigenvalue weighted by Crippen LogP contribution is 2.56. The first-order valence-corrected chi connectivity index (χ1v) is 23.0. The third kappa shape index (κ3) is 14.3. The second kappa shape index (κ2) is 23.3. The summed E-state index contributed by atoms with van der Waals surface area (Å²) in [5, 5.41) is 0. The molecular formula is C50H81FO4. The maximum Gasteiger partial charge on any atom is 0.205 e. The van der Waals surface area contributed by atoms with Gasteiger partial charge in [-0.2, -0.15) is 0 Å². The zero-order chi connectivity index (χ0) is 39.8. The maximum atomic E-state index is 14.0. The molecule has 4 aliphatic rings. The maximum absolute atomic E-state index is 14.0. The molecule has 6 atom stereocenters. The largest absolute Gasteiger partial charge is 0.465 e. The summed E-state index contributed by atoms with van der Waals surface area (Å²) in [4.78, 5) is 0. The van der Waals surface area contributed by atoms with Crippen molar-refractivity contribution < 1.29 is 23.3 Å². The Kier molecular flexibility index (Phi) is 19.3. The van der Waals surface area contributed by atoms with Gasteiger partial charge in [-0.05, 0) is 129 Å². The first-order valence-electron chi connectivity index (χ1n) is 23.0. The number of ether oxygens (including phenoxy) is 4. The fraction of sp³-hybridized carbons (Fsp3) is 0.760. The molecule has 4 nitrogen and oxygen atoms in total. The van der Waals surface area contributed by atoms with Gasteiger partial charge in [-0.15, -0.1) is 0 Å². The third-order valence-corrected chi connectivity index (χ3v) is 12.6. The number of hydrogen-bond acceptors (Lipinski definition) is 4. The van der Waals surface area contributed by atoms with Crippen molar-refractivity contribution in [1.29, 1.82) is 0 Å². The van der Waals surface area contributed by atoms with E-state index in [1.54, 1.807) is 0 Å². The van der Waals surface area contributed by atoms with Crippen LogP contribution in [0.3, 0.4) is 0 Å². The van der Waals surface area contributed by atoms with Gasteiger partial charge in [0.25, 0.3) is 0 Å². The molecular weight excluding hydrogens is 684 g/mol. The molecule has 0 aromatic heterocycles. The van der Waals surface area contributed by atoms with Gasteiger partial charge in [0, 0.05) is 11.8 Å². The fourth-order valence-electron chi connectivity index (χ4n) is 9.87. The monoisotopic (exact) mass is 765 g/mol. The highest BCUT2D eigenvalue weighted by molar-refractivity contribution is 5.30. The molecule has 2 aromatic rings. The molecule has 6 rings (SSSR count). The summed E-state index contributed by atoms with van der Waals surface area (Å²) >= 11 is 0. The number of hydrogen-bond donors (Lipinski definition) is 0. The Balaban J connectivity index is 0.000000238. The molecule has 2 aromatic carbocycles. The molecule has 4 saturated carbocycles. The van der Waals surface area contributed by atoms with E-state index in [4.69, 9.17) is 18.9 Å². The van der Waals surface area contributed by atoms with E-state index in [1.165, 1.54) is 102 Å². The summed E-state index contributed by atoms with van der Waals surface area (Å²) in [6.45, 7) is 19.6. The lowest BCUT2D eigenvalue weighted by Gasteiger charge is -2.53. The Labute approximate surface area is 337 Å². The minimum Gasteiger partial charge on any atom is -0.465 e. The van der Waals surface area contributed by atoms with Crippen LogP contribution in [0.2, 0.25) is 0 Å². The predicted octanol–water partition coefficient (Wildman–Crippen LogP) is 15.3. The molecule has 0 amide bonds. The van der Waals surface area contributed by atoms with E-state index in [1.807, 2.05) is 38.1 Å². The zero-order valence-corrected chi connectivity index (χ0v) is 36.6. The molecule has 0 saturated heterocycles. The second-order valence-electron chi connectivity index (χ2n) is 18.5. The lowest BCUT2D eigenvalue weighted by molar-refractivity contribution is -0.222. The average Bonchev–Trinajstić information content (AvgIpc) is 3.18. The van der Waals surface area contributed by atoms with Crippen LogP contribution in [-0.2, 0) is 9.47 Å². The minimum absolute atomic E-state index is 0.00945. The molecule has 5 heteroatoms. The Morgan fingerprint density at radius 2 is 1.09 bits per heavy atom. The van der Waals surface area contributed by atoms with Crippen molar-refractivity contribution in [1.82, 2.24) is 0 Å². The van der Waals surface area contributed by atoms with E-state index in [2.05, 4.69) is 72.7 Å². The molecule has 6 unspecified atom stereocenters. The number of rotatable bonds is 14. The quantitative estimate of drug-likeness (QED) is 0.180. The summed E-state index contributed by atoms with van der Waals surface area (Å²) in [5.74, 6) is 4.75. The number of alkyl halides is 1. The molecule has 55 heavy (non-hydrogen) atoms. The van der Waals surface area contributed by atoms with Crippen LogP contribution >= 0.6 is 0 Å². The summed E-state index contributed by atoms with van der Waals surface area (Å²) in [7, 11) is 0. The first-order chi connectivity index (χ1) is 26.5. The molecule has 0 heterocycles. The van der Waals surface area contributed by atoms with Crippen molar-refractivity contribution in [3.8, 4) is 11.5 Å². The number of fused-ring (bicyclic) bond motifs is 2. The molecule has 0 radical (unpaired) electrons. The van der Waals surface area contributed by atoms with Gasteiger partial charge in [-0.25, -0.2) is 4.39 Å². The fourth-order valence-corrected chi connectivity index (χ4v) is 9.87. The lowest BCUT2D eigenvalue weighted by atomic mass is 9.56. The van der Waals surface area contributed by atoms with Gasteiger partial charge in [0.05, 0.1) is 12.2 Å². The van der Waals surface area contributed by atoms with Crippen LogP contribution in [0.1, 0.15) is 201 Å². The van der Waals surface area contributed by atoms with Gasteiger partial charge in [0.2, 0.25) is 6.29 Å². The van der Waals surface area contributed by atoms with Gasteiger partial charge in [0.15, 0.2) is 6.29 Å². The van der Waals surface area contributed by atoms with Gasteiger partial charge < -0.3 is 18.9 Å². The molecule has 2 bridgehead atoms. The van der Waals surface area contributed by atoms with Crippen LogP contribution < -0.4 is 9.47 Å². The zero-order valence-electron chi connectivity index (χ0n) is 36.6. The molecule has 0 N–H and O–H groups in total. The topological polar surface area (TPSA) is 36.9 Å². The van der Waals surface area contributed by atoms with Crippen molar-refractivity contribution >= 4 is 0 Å². The molecule has 4 aliphatic carbocycles. The van der Waals surface area contributed by atoms with Crippen LogP contribution in [0, 0.1) is 29.1 Å². The summed E-state index contributed by atoms with van der Waals surface area (Å²) in [5.41, 5.74) is 2.31. The van der Waals surface area contributed by atoms with E-state index >= 15 is 0 Å². The van der Waals surface area contributed by atoms with Crippen LogP contribution in [0.25, 0.3) is 0 Å². The van der Waals surface area contributed by atoms with E-state index < -0.39 is 6.17 Å². The van der Waals surface area contributed by atoms with Gasteiger partial charge in [0.1, 0.15) is 17.7 Å². The van der Waals surface area contributed by atoms with Crippen molar-refractivity contribution in [2.75, 3.05) is 0 Å². The first kappa shape index (κ1) is 45.6. The van der Waals surface area contributed by atoms with E-state index in [0.717, 1.165) is 48.5 Å². The smallest absolute Gasteiger partial charge is 0.205 e. The SMILES string of the molecule is CCC.CCC(C)c1ccc(OC(OC2CCCCC2)C23CC(C)CC(CC(C)C2)C3)cc1.CCC(Oc1ccc(C(F)C(C)C)cc1)OC1CCCCC1. The predicted molar refractivity (Wildman–Crippen MR) is 229 cm³/mol. The highest BCUT2D eigenvalue weighted by Gasteiger charge is 2.51. The number of benzene rings is 2. The Morgan fingerprint density at radius 3 is 1.56 bits per heavy atom. The van der Waals surface area contributed by atoms with Crippen LogP contribution in [0.5, 0.6) is 11.5 Å². The molecule has 0 aliphatic heterocycles. The highest BCUT2D eigenvalue weighted by atomic mass is 19.1. The Morgan fingerprint density at radius 1 is 0.618 bits per heavy atom. The normalized spacial score (nSPS) is 26.7. The summed E-state index contributed by atoms with van der Waals surface area (Å²) < 4.78 is 39.6. The van der Waals surface area contributed by atoms with Gasteiger partial charge >= 0.3 is 0 Å². The summed E-state index contributed by atoms with van der Waals surface area (Å²) in [6, 6.07) is 16.2. The minimum atomic E-state index is -0.922. The van der Waals surface area contributed by atoms with E-state index in [0.29, 0.717) is 23.7 Å². The standard InChI is InChI=1S/C28H44O2.C19H29FO2.C3H8/c1-5-22(4)24-11-13-26(14-12-24)30-27(29-25-9-7-6-8-10-25)28-17-20(2)15-23(19-28)16-21(3)18-28;1-4-18(21-16-8-6-5-7-9-16)22-17-12-10-15(11-13-17)19(20)14(2)3;1-3-2/h11-14,20-23,25,27H,5-10,15-19H2,1-4H3;10-14,16,18-19H,4-9H2,1-3H3;3H2,1-2H3.